The SMILES string of the molecule is NCC1CCN(c2ncnc3ccsc23)C1. The number of thiophene rings is 1. The number of aromatic nitrogens is 2. The van der Waals surface area contributed by atoms with Crippen LogP contribution in [-0.4, -0.2) is 29.6 Å². The summed E-state index contributed by atoms with van der Waals surface area (Å²) in [7, 11) is 0. The van der Waals surface area contributed by atoms with E-state index >= 15 is 0 Å². The van der Waals surface area contributed by atoms with Gasteiger partial charge in [-0.1, -0.05) is 0 Å². The van der Waals surface area contributed by atoms with Crippen molar-refractivity contribution in [1.29, 1.82) is 0 Å². The molecule has 16 heavy (non-hydrogen) atoms. The normalized spacial score (nSPS) is 20.8. The molecule has 0 radical (unpaired) electrons. The van der Waals surface area contributed by atoms with E-state index in [-0.39, 0.29) is 0 Å². The van der Waals surface area contributed by atoms with Gasteiger partial charge < -0.3 is 10.6 Å². The lowest BCUT2D eigenvalue weighted by atomic mass is 10.1. The minimum absolute atomic E-state index is 0.616. The van der Waals surface area contributed by atoms with Gasteiger partial charge in [-0.3, -0.25) is 0 Å². The first-order valence-electron chi connectivity index (χ1n) is 5.51. The molecule has 1 aliphatic rings. The predicted molar refractivity (Wildman–Crippen MR) is 66.8 cm³/mol. The summed E-state index contributed by atoms with van der Waals surface area (Å²) in [5, 5.41) is 2.07. The van der Waals surface area contributed by atoms with Crippen molar-refractivity contribution < 1.29 is 0 Å². The lowest BCUT2D eigenvalue weighted by Crippen LogP contribution is -2.23. The molecule has 0 aliphatic carbocycles. The fourth-order valence-corrected chi connectivity index (χ4v) is 3.08. The van der Waals surface area contributed by atoms with Gasteiger partial charge in [0.05, 0.1) is 10.2 Å². The van der Waals surface area contributed by atoms with Crippen molar-refractivity contribution >= 4 is 27.4 Å². The molecule has 1 aliphatic heterocycles. The fraction of sp³-hybridized carbons (Fsp3) is 0.455. The van der Waals surface area contributed by atoms with Gasteiger partial charge in [0.2, 0.25) is 0 Å². The second-order valence-corrected chi connectivity index (χ2v) is 5.08. The van der Waals surface area contributed by atoms with Crippen LogP contribution in [0.15, 0.2) is 17.8 Å². The van der Waals surface area contributed by atoms with E-state index in [1.54, 1.807) is 17.7 Å². The monoisotopic (exact) mass is 234 g/mol. The molecular weight excluding hydrogens is 220 g/mol. The van der Waals surface area contributed by atoms with E-state index < -0.39 is 0 Å². The van der Waals surface area contributed by atoms with Crippen LogP contribution < -0.4 is 10.6 Å². The first-order chi connectivity index (χ1) is 7.88. The van der Waals surface area contributed by atoms with Gasteiger partial charge in [-0.15, -0.1) is 11.3 Å². The fourth-order valence-electron chi connectivity index (χ4n) is 2.22. The molecule has 1 atom stereocenters. The highest BCUT2D eigenvalue weighted by atomic mass is 32.1. The van der Waals surface area contributed by atoms with Crippen LogP contribution in [-0.2, 0) is 0 Å². The van der Waals surface area contributed by atoms with Gasteiger partial charge >= 0.3 is 0 Å². The maximum atomic E-state index is 5.71. The molecule has 0 spiro atoms. The Morgan fingerprint density at radius 2 is 2.44 bits per heavy atom. The van der Waals surface area contributed by atoms with Crippen molar-refractivity contribution in [1.82, 2.24) is 9.97 Å². The van der Waals surface area contributed by atoms with Crippen LogP contribution in [0.3, 0.4) is 0 Å². The standard InChI is InChI=1S/C11H14N4S/c12-5-8-1-3-15(6-8)11-10-9(2-4-16-10)13-7-14-11/h2,4,7-8H,1,3,5-6,12H2. The smallest absolute Gasteiger partial charge is 0.150 e. The summed E-state index contributed by atoms with van der Waals surface area (Å²) < 4.78 is 1.19. The molecular formula is C11H14N4S. The lowest BCUT2D eigenvalue weighted by Gasteiger charge is -2.17. The Hall–Kier alpha value is -1.20. The van der Waals surface area contributed by atoms with Crippen molar-refractivity contribution in [2.75, 3.05) is 24.5 Å². The van der Waals surface area contributed by atoms with Crippen molar-refractivity contribution in [2.24, 2.45) is 11.7 Å². The number of rotatable bonds is 2. The third kappa shape index (κ3) is 1.56. The van der Waals surface area contributed by atoms with Gasteiger partial charge in [0.1, 0.15) is 12.1 Å². The summed E-state index contributed by atoms with van der Waals surface area (Å²) in [6.45, 7) is 2.86. The summed E-state index contributed by atoms with van der Waals surface area (Å²) >= 11 is 1.71. The van der Waals surface area contributed by atoms with Gasteiger partial charge in [-0.25, -0.2) is 9.97 Å². The molecule has 0 saturated carbocycles. The molecule has 0 bridgehead atoms. The summed E-state index contributed by atoms with van der Waals surface area (Å²) in [5.74, 6) is 1.70. The van der Waals surface area contributed by atoms with Crippen LogP contribution in [0.4, 0.5) is 5.82 Å². The predicted octanol–water partition coefficient (Wildman–Crippen LogP) is 1.48. The second-order valence-electron chi connectivity index (χ2n) is 4.17. The maximum Gasteiger partial charge on any atom is 0.150 e. The third-order valence-corrected chi connectivity index (χ3v) is 4.04. The summed E-state index contributed by atoms with van der Waals surface area (Å²) in [4.78, 5) is 11.0. The molecule has 0 amide bonds. The van der Waals surface area contributed by atoms with Gasteiger partial charge in [0.25, 0.3) is 0 Å². The maximum absolute atomic E-state index is 5.71. The van der Waals surface area contributed by atoms with Gasteiger partial charge in [0, 0.05) is 13.1 Å². The van der Waals surface area contributed by atoms with E-state index in [1.807, 2.05) is 6.07 Å². The van der Waals surface area contributed by atoms with E-state index in [4.69, 9.17) is 5.73 Å². The Morgan fingerprint density at radius 1 is 1.50 bits per heavy atom. The zero-order valence-corrected chi connectivity index (χ0v) is 9.78. The first-order valence-corrected chi connectivity index (χ1v) is 6.39. The van der Waals surface area contributed by atoms with Crippen molar-refractivity contribution in [3.8, 4) is 0 Å². The van der Waals surface area contributed by atoms with E-state index in [9.17, 15) is 0 Å². The first kappa shape index (κ1) is 9.99. The van der Waals surface area contributed by atoms with Crippen LogP contribution in [0.5, 0.6) is 0 Å². The zero-order valence-electron chi connectivity index (χ0n) is 8.97. The lowest BCUT2D eigenvalue weighted by molar-refractivity contribution is 0.602. The number of fused-ring (bicyclic) bond motifs is 1. The molecule has 3 rings (SSSR count). The molecule has 2 N–H and O–H groups in total. The molecule has 2 aromatic rings. The van der Waals surface area contributed by atoms with E-state index in [2.05, 4.69) is 20.2 Å². The largest absolute Gasteiger partial charge is 0.355 e. The number of hydrogen-bond acceptors (Lipinski definition) is 5. The summed E-state index contributed by atoms with van der Waals surface area (Å²) in [5.41, 5.74) is 6.76. The van der Waals surface area contributed by atoms with E-state index in [1.165, 1.54) is 11.1 Å². The molecule has 3 heterocycles. The molecule has 1 saturated heterocycles. The summed E-state index contributed by atoms with van der Waals surface area (Å²) in [6.07, 6.45) is 2.83. The number of nitrogens with two attached hydrogens (primary N) is 1. The molecule has 4 nitrogen and oxygen atoms in total. The number of anilines is 1. The molecule has 5 heteroatoms. The quantitative estimate of drug-likeness (QED) is 0.855. The molecule has 2 aromatic heterocycles. The van der Waals surface area contributed by atoms with Gasteiger partial charge in [-0.05, 0) is 30.3 Å². The number of nitrogens with zero attached hydrogens (tertiary/aromatic N) is 3. The third-order valence-electron chi connectivity index (χ3n) is 3.14. The average Bonchev–Trinajstić information content (AvgIpc) is 2.97. The Kier molecular flexibility index (Phi) is 2.49. The zero-order chi connectivity index (χ0) is 11.0. The minimum atomic E-state index is 0.616. The second kappa shape index (κ2) is 3.99. The highest BCUT2D eigenvalue weighted by molar-refractivity contribution is 7.17. The topological polar surface area (TPSA) is 55.0 Å². The minimum Gasteiger partial charge on any atom is -0.355 e. The Labute approximate surface area is 98.1 Å². The Bertz CT molecular complexity index is 495. The Morgan fingerprint density at radius 3 is 3.25 bits per heavy atom. The summed E-state index contributed by atoms with van der Waals surface area (Å²) in [6, 6.07) is 2.04. The van der Waals surface area contributed by atoms with Crippen LogP contribution in [0, 0.1) is 5.92 Å². The van der Waals surface area contributed by atoms with Crippen molar-refractivity contribution in [3.63, 3.8) is 0 Å². The van der Waals surface area contributed by atoms with Crippen molar-refractivity contribution in [3.05, 3.63) is 17.8 Å². The molecule has 1 unspecified atom stereocenters. The average molecular weight is 234 g/mol. The van der Waals surface area contributed by atoms with Crippen LogP contribution in [0.2, 0.25) is 0 Å². The van der Waals surface area contributed by atoms with Crippen molar-refractivity contribution in [2.45, 2.75) is 6.42 Å². The molecule has 1 fully saturated rings. The van der Waals surface area contributed by atoms with Crippen LogP contribution in [0.25, 0.3) is 10.2 Å². The van der Waals surface area contributed by atoms with Crippen LogP contribution in [0.1, 0.15) is 6.42 Å². The van der Waals surface area contributed by atoms with Gasteiger partial charge in [0.15, 0.2) is 0 Å². The Balaban J connectivity index is 1.97. The van der Waals surface area contributed by atoms with Crippen LogP contribution >= 0.6 is 11.3 Å². The number of hydrogen-bond donors (Lipinski definition) is 1. The highest BCUT2D eigenvalue weighted by Crippen LogP contribution is 2.30. The van der Waals surface area contributed by atoms with Gasteiger partial charge in [-0.2, -0.15) is 0 Å². The highest BCUT2D eigenvalue weighted by Gasteiger charge is 2.23. The van der Waals surface area contributed by atoms with E-state index in [0.717, 1.165) is 31.0 Å². The molecule has 0 aromatic carbocycles. The van der Waals surface area contributed by atoms with E-state index in [0.29, 0.717) is 5.92 Å². The molecule has 84 valence electrons.